The highest BCUT2D eigenvalue weighted by molar-refractivity contribution is 7.72. The first kappa shape index (κ1) is 13.2. The van der Waals surface area contributed by atoms with Gasteiger partial charge in [-0.05, 0) is 0 Å². The first-order valence-electron chi connectivity index (χ1n) is 3.01. The predicted molar refractivity (Wildman–Crippen MR) is 40.7 cm³/mol. The van der Waals surface area contributed by atoms with Crippen LogP contribution in [-0.4, -0.2) is 41.5 Å². The van der Waals surface area contributed by atoms with Crippen molar-refractivity contribution in [2.24, 2.45) is 0 Å². The van der Waals surface area contributed by atoms with E-state index in [9.17, 15) is 9.13 Å². The maximum Gasteiger partial charge on any atom is 0.369 e. The molecule has 13 heavy (non-hydrogen) atoms. The summed E-state index contributed by atoms with van der Waals surface area (Å²) in [5.74, 6) is 0. The van der Waals surface area contributed by atoms with E-state index < -0.39 is 33.3 Å². The Kier molecular flexibility index (Phi) is 3.83. The van der Waals surface area contributed by atoms with Crippen LogP contribution in [0.25, 0.3) is 0 Å². The minimum Gasteiger partial charge on any atom is -0.396 e. The van der Waals surface area contributed by atoms with Crippen LogP contribution in [0.2, 0.25) is 0 Å². The van der Waals surface area contributed by atoms with Gasteiger partial charge in [0, 0.05) is 13.0 Å². The van der Waals surface area contributed by atoms with E-state index in [0.717, 1.165) is 0 Å². The molecule has 80 valence electrons. The summed E-state index contributed by atoms with van der Waals surface area (Å²) in [4.78, 5) is 33.8. The van der Waals surface area contributed by atoms with Crippen LogP contribution in [0.3, 0.4) is 0 Å². The predicted octanol–water partition coefficient (Wildman–Crippen LogP) is -1.63. The molecule has 0 heterocycles. The summed E-state index contributed by atoms with van der Waals surface area (Å²) in [6, 6.07) is 0. The second-order valence-corrected chi connectivity index (χ2v) is 6.34. The Balaban J connectivity index is 5.22. The number of aliphatic hydroxyl groups is 2. The van der Waals surface area contributed by atoms with Crippen LogP contribution >= 0.6 is 15.2 Å². The molecule has 0 aromatic carbocycles. The minimum atomic E-state index is -5.39. The largest absolute Gasteiger partial charge is 0.396 e. The summed E-state index contributed by atoms with van der Waals surface area (Å²) in [7, 11) is -10.8. The number of hydrogen-bond acceptors (Lipinski definition) is 4. The Morgan fingerprint density at radius 1 is 1.00 bits per heavy atom. The van der Waals surface area contributed by atoms with Crippen LogP contribution in [0.5, 0.6) is 0 Å². The second-order valence-electron chi connectivity index (χ2n) is 2.34. The van der Waals surface area contributed by atoms with Gasteiger partial charge in [-0.3, -0.25) is 9.13 Å². The third-order valence-electron chi connectivity index (χ3n) is 1.38. The highest BCUT2D eigenvalue weighted by Gasteiger charge is 2.58. The van der Waals surface area contributed by atoms with Crippen LogP contribution in [-0.2, 0) is 9.13 Å². The van der Waals surface area contributed by atoms with Crippen molar-refractivity contribution in [3.63, 3.8) is 0 Å². The third kappa shape index (κ3) is 2.59. The molecule has 0 aliphatic carbocycles. The maximum absolute atomic E-state index is 10.5. The molecule has 0 aliphatic rings. The maximum atomic E-state index is 10.5. The van der Waals surface area contributed by atoms with Crippen molar-refractivity contribution in [1.29, 1.82) is 0 Å². The lowest BCUT2D eigenvalue weighted by atomic mass is 10.5. The minimum absolute atomic E-state index is 0.952. The Morgan fingerprint density at radius 3 is 1.38 bits per heavy atom. The first-order chi connectivity index (χ1) is 5.56. The Hall–Kier alpha value is 0.220. The average molecular weight is 236 g/mol. The van der Waals surface area contributed by atoms with Crippen LogP contribution in [0.15, 0.2) is 0 Å². The van der Waals surface area contributed by atoms with Gasteiger partial charge >= 0.3 is 15.2 Å². The van der Waals surface area contributed by atoms with Crippen LogP contribution in [0.4, 0.5) is 0 Å². The molecule has 8 nitrogen and oxygen atoms in total. The SMILES string of the molecule is O=P(O)(O)C(O)(CCO)P(=O)(O)O. The number of rotatable bonds is 4. The van der Waals surface area contributed by atoms with Gasteiger partial charge in [0.05, 0.1) is 0 Å². The molecule has 0 aromatic rings. The molecule has 0 spiro atoms. The third-order valence-corrected chi connectivity index (χ3v) is 5.26. The highest BCUT2D eigenvalue weighted by Crippen LogP contribution is 2.68. The van der Waals surface area contributed by atoms with Gasteiger partial charge in [-0.1, -0.05) is 0 Å². The molecule has 0 rings (SSSR count). The van der Waals surface area contributed by atoms with Crippen LogP contribution in [0.1, 0.15) is 6.42 Å². The lowest BCUT2D eigenvalue weighted by Gasteiger charge is -2.28. The molecule has 0 saturated carbocycles. The van der Waals surface area contributed by atoms with E-state index >= 15 is 0 Å². The molecular formula is C3H10O8P2. The zero-order valence-corrected chi connectivity index (χ0v) is 8.10. The van der Waals surface area contributed by atoms with Crippen molar-refractivity contribution in [3.05, 3.63) is 0 Å². The van der Waals surface area contributed by atoms with E-state index in [-0.39, 0.29) is 0 Å². The Morgan fingerprint density at radius 2 is 1.31 bits per heavy atom. The fourth-order valence-electron chi connectivity index (χ4n) is 0.611. The van der Waals surface area contributed by atoms with Crippen molar-refractivity contribution in [1.82, 2.24) is 0 Å². The fraction of sp³-hybridized carbons (Fsp3) is 1.00. The average Bonchev–Trinajstić information content (AvgIpc) is 1.82. The summed E-state index contributed by atoms with van der Waals surface area (Å²) in [5.41, 5.74) is 0. The molecule has 0 saturated heterocycles. The molecule has 0 aromatic heterocycles. The molecule has 0 aliphatic heterocycles. The van der Waals surface area contributed by atoms with Gasteiger partial charge in [0.25, 0.3) is 5.08 Å². The normalized spacial score (nSPS) is 14.6. The van der Waals surface area contributed by atoms with Gasteiger partial charge in [-0.25, -0.2) is 0 Å². The van der Waals surface area contributed by atoms with E-state index in [0.29, 0.717) is 0 Å². The van der Waals surface area contributed by atoms with Gasteiger partial charge in [0.2, 0.25) is 0 Å². The van der Waals surface area contributed by atoms with E-state index in [2.05, 4.69) is 0 Å². The molecule has 6 N–H and O–H groups in total. The summed E-state index contributed by atoms with van der Waals surface area (Å²) < 4.78 is 21.1. The van der Waals surface area contributed by atoms with Crippen molar-refractivity contribution >= 4 is 15.2 Å². The van der Waals surface area contributed by atoms with E-state index in [1.165, 1.54) is 0 Å². The monoisotopic (exact) mass is 236 g/mol. The summed E-state index contributed by atoms with van der Waals surface area (Å²) in [6.07, 6.45) is -1.10. The van der Waals surface area contributed by atoms with Crippen LogP contribution in [0, 0.1) is 0 Å². The summed E-state index contributed by atoms with van der Waals surface area (Å²) >= 11 is 0. The zero-order valence-electron chi connectivity index (χ0n) is 6.31. The van der Waals surface area contributed by atoms with Gasteiger partial charge in [-0.15, -0.1) is 0 Å². The van der Waals surface area contributed by atoms with Crippen molar-refractivity contribution in [2.45, 2.75) is 11.5 Å². The molecule has 0 atom stereocenters. The topological polar surface area (TPSA) is 156 Å². The molecule has 0 amide bonds. The zero-order chi connectivity index (χ0) is 10.9. The molecule has 0 radical (unpaired) electrons. The van der Waals surface area contributed by atoms with Crippen molar-refractivity contribution in [2.75, 3.05) is 6.61 Å². The fourth-order valence-corrected chi connectivity index (χ4v) is 2.75. The smallest absolute Gasteiger partial charge is 0.369 e. The quantitative estimate of drug-likeness (QED) is 0.318. The summed E-state index contributed by atoms with van der Waals surface area (Å²) in [5, 5.41) is 13.8. The lowest BCUT2D eigenvalue weighted by molar-refractivity contribution is 0.102. The summed E-state index contributed by atoms with van der Waals surface area (Å²) in [6.45, 7) is -0.952. The Bertz CT molecular complexity index is 239. The van der Waals surface area contributed by atoms with Gasteiger partial charge in [0.1, 0.15) is 0 Å². The van der Waals surface area contributed by atoms with E-state index in [4.69, 9.17) is 29.8 Å². The second kappa shape index (κ2) is 3.76. The highest BCUT2D eigenvalue weighted by atomic mass is 31.2. The first-order valence-corrected chi connectivity index (χ1v) is 6.23. The van der Waals surface area contributed by atoms with E-state index in [1.807, 2.05) is 0 Å². The molecule has 0 unspecified atom stereocenters. The number of hydrogen-bond donors (Lipinski definition) is 6. The van der Waals surface area contributed by atoms with Gasteiger partial charge < -0.3 is 29.8 Å². The lowest BCUT2D eigenvalue weighted by Crippen LogP contribution is -2.29. The van der Waals surface area contributed by atoms with E-state index in [1.54, 1.807) is 0 Å². The van der Waals surface area contributed by atoms with Gasteiger partial charge in [0.15, 0.2) is 0 Å². The van der Waals surface area contributed by atoms with Crippen molar-refractivity contribution in [3.8, 4) is 0 Å². The molecule has 10 heteroatoms. The van der Waals surface area contributed by atoms with Crippen LogP contribution < -0.4 is 0 Å². The standard InChI is InChI=1S/C3H10O8P2/c4-2-1-3(5,12(6,7)8)13(9,10)11/h4-5H,1-2H2,(H2,6,7,8)(H2,9,10,11). The molecule has 0 fully saturated rings. The van der Waals surface area contributed by atoms with Crippen molar-refractivity contribution < 1.29 is 38.9 Å². The number of aliphatic hydroxyl groups excluding tert-OH is 1. The molecular weight excluding hydrogens is 226 g/mol. The van der Waals surface area contributed by atoms with Gasteiger partial charge in [-0.2, -0.15) is 0 Å². The Labute approximate surface area is 73.2 Å². The molecule has 0 bridgehead atoms.